The summed E-state index contributed by atoms with van der Waals surface area (Å²) in [5.41, 5.74) is 1.45. The molecule has 1 aromatic carbocycles. The molecule has 7 nitrogen and oxygen atoms in total. The maximum Gasteiger partial charge on any atom is 0.269 e. The SMILES string of the molecule is O=[N+]([O-])c1ccc(/C=C\C(CCN2CCOCC2)=N\O)cc1. The van der Waals surface area contributed by atoms with E-state index in [1.165, 1.54) is 12.1 Å². The number of allylic oxidation sites excluding steroid dienone is 1. The standard InChI is InChI=1S/C15H19N3O4/c19-16-14(7-8-17-9-11-22-12-10-17)4-1-13-2-5-15(6-3-13)18(20)21/h1-6,19H,7-12H2/b4-1-,16-14-. The summed E-state index contributed by atoms with van der Waals surface area (Å²) in [6.07, 6.45) is 4.14. The molecule has 1 aliphatic heterocycles. The number of ether oxygens (including phenoxy) is 1. The van der Waals surface area contributed by atoms with E-state index in [2.05, 4.69) is 10.1 Å². The van der Waals surface area contributed by atoms with Gasteiger partial charge < -0.3 is 9.94 Å². The van der Waals surface area contributed by atoms with E-state index in [1.807, 2.05) is 0 Å². The average Bonchev–Trinajstić information content (AvgIpc) is 2.56. The van der Waals surface area contributed by atoms with Crippen LogP contribution in [-0.4, -0.2) is 53.6 Å². The average molecular weight is 305 g/mol. The van der Waals surface area contributed by atoms with Gasteiger partial charge in [-0.15, -0.1) is 0 Å². The number of hydrogen-bond donors (Lipinski definition) is 1. The van der Waals surface area contributed by atoms with E-state index in [4.69, 9.17) is 9.94 Å². The Morgan fingerprint density at radius 3 is 2.64 bits per heavy atom. The maximum absolute atomic E-state index is 10.6. The molecule has 2 rings (SSSR count). The zero-order chi connectivity index (χ0) is 15.8. The lowest BCUT2D eigenvalue weighted by Gasteiger charge is -2.26. The molecule has 1 fully saturated rings. The molecule has 0 radical (unpaired) electrons. The second kappa shape index (κ2) is 8.26. The van der Waals surface area contributed by atoms with Crippen molar-refractivity contribution >= 4 is 17.5 Å². The van der Waals surface area contributed by atoms with Gasteiger partial charge >= 0.3 is 0 Å². The predicted molar refractivity (Wildman–Crippen MR) is 83.2 cm³/mol. The summed E-state index contributed by atoms with van der Waals surface area (Å²) >= 11 is 0. The van der Waals surface area contributed by atoms with Crippen LogP contribution in [-0.2, 0) is 4.74 Å². The normalized spacial score (nSPS) is 17.0. The van der Waals surface area contributed by atoms with Gasteiger partial charge in [-0.1, -0.05) is 11.2 Å². The number of oxime groups is 1. The number of nitrogens with zero attached hydrogens (tertiary/aromatic N) is 3. The van der Waals surface area contributed by atoms with Crippen LogP contribution in [0.2, 0.25) is 0 Å². The molecule has 0 spiro atoms. The van der Waals surface area contributed by atoms with Crippen LogP contribution in [0.5, 0.6) is 0 Å². The molecule has 0 amide bonds. The van der Waals surface area contributed by atoms with Crippen molar-refractivity contribution in [3.05, 3.63) is 46.0 Å². The zero-order valence-corrected chi connectivity index (χ0v) is 12.2. The zero-order valence-electron chi connectivity index (χ0n) is 12.2. The van der Waals surface area contributed by atoms with Gasteiger partial charge in [-0.3, -0.25) is 15.0 Å². The van der Waals surface area contributed by atoms with E-state index in [0.717, 1.165) is 38.4 Å². The molecule has 1 aliphatic rings. The van der Waals surface area contributed by atoms with E-state index < -0.39 is 4.92 Å². The topological polar surface area (TPSA) is 88.2 Å². The molecule has 0 aliphatic carbocycles. The lowest BCUT2D eigenvalue weighted by Crippen LogP contribution is -2.37. The highest BCUT2D eigenvalue weighted by molar-refractivity contribution is 5.97. The van der Waals surface area contributed by atoms with Crippen molar-refractivity contribution < 1.29 is 14.9 Å². The largest absolute Gasteiger partial charge is 0.411 e. The molecule has 22 heavy (non-hydrogen) atoms. The number of nitro benzene ring substituents is 1. The minimum absolute atomic E-state index is 0.0560. The van der Waals surface area contributed by atoms with Crippen molar-refractivity contribution in [2.45, 2.75) is 6.42 Å². The number of nitro groups is 1. The van der Waals surface area contributed by atoms with Gasteiger partial charge in [-0.2, -0.15) is 0 Å². The van der Waals surface area contributed by atoms with E-state index in [9.17, 15) is 10.1 Å². The molecule has 1 N–H and O–H groups in total. The summed E-state index contributed by atoms with van der Waals surface area (Å²) in [7, 11) is 0. The minimum atomic E-state index is -0.434. The fraction of sp³-hybridized carbons (Fsp3) is 0.400. The molecular formula is C15H19N3O4. The van der Waals surface area contributed by atoms with Crippen molar-refractivity contribution in [3.8, 4) is 0 Å². The molecular weight excluding hydrogens is 286 g/mol. The Balaban J connectivity index is 1.87. The van der Waals surface area contributed by atoms with Crippen LogP contribution in [0.25, 0.3) is 6.08 Å². The Morgan fingerprint density at radius 1 is 1.36 bits per heavy atom. The van der Waals surface area contributed by atoms with Gasteiger partial charge in [-0.05, 0) is 23.8 Å². The lowest BCUT2D eigenvalue weighted by molar-refractivity contribution is -0.384. The fourth-order valence-corrected chi connectivity index (χ4v) is 2.16. The third-order valence-corrected chi connectivity index (χ3v) is 3.49. The van der Waals surface area contributed by atoms with Crippen molar-refractivity contribution in [3.63, 3.8) is 0 Å². The summed E-state index contributed by atoms with van der Waals surface area (Å²) in [5.74, 6) is 0. The van der Waals surface area contributed by atoms with Crippen LogP contribution in [0.4, 0.5) is 5.69 Å². The number of morpholine rings is 1. The van der Waals surface area contributed by atoms with Gasteiger partial charge in [0, 0.05) is 38.2 Å². The van der Waals surface area contributed by atoms with Gasteiger partial charge in [0.2, 0.25) is 0 Å². The molecule has 1 heterocycles. The lowest BCUT2D eigenvalue weighted by atomic mass is 10.1. The van der Waals surface area contributed by atoms with Gasteiger partial charge in [0.1, 0.15) is 0 Å². The van der Waals surface area contributed by atoms with Crippen molar-refractivity contribution in [1.82, 2.24) is 4.90 Å². The third kappa shape index (κ3) is 4.94. The Labute approximate surface area is 128 Å². The first-order valence-corrected chi connectivity index (χ1v) is 7.12. The monoisotopic (exact) mass is 305 g/mol. The second-order valence-electron chi connectivity index (χ2n) is 4.98. The van der Waals surface area contributed by atoms with E-state index in [0.29, 0.717) is 12.1 Å². The van der Waals surface area contributed by atoms with Gasteiger partial charge in [0.15, 0.2) is 0 Å². The van der Waals surface area contributed by atoms with Crippen molar-refractivity contribution in [2.24, 2.45) is 5.16 Å². The Morgan fingerprint density at radius 2 is 2.05 bits per heavy atom. The minimum Gasteiger partial charge on any atom is -0.411 e. The summed E-state index contributed by atoms with van der Waals surface area (Å²) < 4.78 is 5.28. The first-order valence-electron chi connectivity index (χ1n) is 7.12. The van der Waals surface area contributed by atoms with Crippen LogP contribution < -0.4 is 0 Å². The summed E-state index contributed by atoms with van der Waals surface area (Å²) in [6, 6.07) is 6.21. The number of benzene rings is 1. The molecule has 1 aromatic rings. The number of hydrogen-bond acceptors (Lipinski definition) is 6. The van der Waals surface area contributed by atoms with Crippen LogP contribution in [0.3, 0.4) is 0 Å². The second-order valence-corrected chi connectivity index (χ2v) is 4.98. The van der Waals surface area contributed by atoms with Gasteiger partial charge in [0.05, 0.1) is 23.8 Å². The van der Waals surface area contributed by atoms with Crippen LogP contribution in [0.15, 0.2) is 35.5 Å². The summed E-state index contributed by atoms with van der Waals surface area (Å²) in [5, 5.41) is 22.9. The molecule has 0 unspecified atom stereocenters. The van der Waals surface area contributed by atoms with E-state index >= 15 is 0 Å². The van der Waals surface area contributed by atoms with Crippen LogP contribution >= 0.6 is 0 Å². The first-order chi connectivity index (χ1) is 10.7. The molecule has 0 atom stereocenters. The number of rotatable bonds is 6. The molecule has 118 valence electrons. The molecule has 1 saturated heterocycles. The van der Waals surface area contributed by atoms with Gasteiger partial charge in [-0.25, -0.2) is 0 Å². The predicted octanol–water partition coefficient (Wildman–Crippen LogP) is 2.16. The van der Waals surface area contributed by atoms with E-state index in [1.54, 1.807) is 24.3 Å². The number of non-ortho nitro benzene ring substituents is 1. The van der Waals surface area contributed by atoms with Crippen LogP contribution in [0, 0.1) is 10.1 Å². The Kier molecular flexibility index (Phi) is 6.05. The third-order valence-electron chi connectivity index (χ3n) is 3.49. The highest BCUT2D eigenvalue weighted by Crippen LogP contribution is 2.13. The highest BCUT2D eigenvalue weighted by atomic mass is 16.6. The molecule has 0 aromatic heterocycles. The highest BCUT2D eigenvalue weighted by Gasteiger charge is 2.10. The Bertz CT molecular complexity index is 548. The first kappa shape index (κ1) is 16.1. The summed E-state index contributed by atoms with van der Waals surface area (Å²) in [4.78, 5) is 12.4. The maximum atomic E-state index is 10.6. The van der Waals surface area contributed by atoms with E-state index in [-0.39, 0.29) is 5.69 Å². The van der Waals surface area contributed by atoms with Crippen molar-refractivity contribution in [1.29, 1.82) is 0 Å². The molecule has 0 bridgehead atoms. The van der Waals surface area contributed by atoms with Crippen molar-refractivity contribution in [2.75, 3.05) is 32.8 Å². The van der Waals surface area contributed by atoms with Crippen LogP contribution in [0.1, 0.15) is 12.0 Å². The quantitative estimate of drug-likeness (QED) is 0.376. The molecule has 0 saturated carbocycles. The smallest absolute Gasteiger partial charge is 0.269 e. The molecule has 7 heteroatoms. The summed E-state index contributed by atoms with van der Waals surface area (Å²) in [6.45, 7) is 4.08. The Hall–Kier alpha value is -2.25. The fourth-order valence-electron chi connectivity index (χ4n) is 2.16. The van der Waals surface area contributed by atoms with Gasteiger partial charge in [0.25, 0.3) is 5.69 Å².